The Morgan fingerprint density at radius 3 is 2.20 bits per heavy atom. The quantitative estimate of drug-likeness (QED) is 0.714. The summed E-state index contributed by atoms with van der Waals surface area (Å²) in [6.07, 6.45) is 3.10. The van der Waals surface area contributed by atoms with Crippen LogP contribution in [-0.2, 0) is 4.74 Å². The number of ether oxygens (including phenoxy) is 1. The monoisotopic (exact) mass is 215 g/mol. The Morgan fingerprint density at radius 1 is 1.20 bits per heavy atom. The Balaban J connectivity index is 0.000000921. The molecule has 0 N–H and O–H groups in total. The van der Waals surface area contributed by atoms with Crippen molar-refractivity contribution in [2.24, 2.45) is 5.92 Å². The van der Waals surface area contributed by atoms with E-state index in [1.54, 1.807) is 0 Å². The van der Waals surface area contributed by atoms with Gasteiger partial charge >= 0.3 is 0 Å². The summed E-state index contributed by atoms with van der Waals surface area (Å²) < 4.78 is 5.53. The number of piperidine rings is 1. The molecule has 1 saturated heterocycles. The van der Waals surface area contributed by atoms with Crippen LogP contribution in [0.5, 0.6) is 0 Å². The van der Waals surface area contributed by atoms with Gasteiger partial charge in [0.05, 0.1) is 12.7 Å². The van der Waals surface area contributed by atoms with Crippen molar-refractivity contribution in [2.45, 2.75) is 53.6 Å². The molecular formula is C13H29NO. The lowest BCUT2D eigenvalue weighted by atomic mass is 9.99. The smallest absolute Gasteiger partial charge is 0.0596 e. The fourth-order valence-electron chi connectivity index (χ4n) is 1.70. The van der Waals surface area contributed by atoms with E-state index in [0.29, 0.717) is 6.10 Å². The molecule has 0 aromatic heterocycles. The minimum Gasteiger partial charge on any atom is -0.377 e. The summed E-state index contributed by atoms with van der Waals surface area (Å²) in [6.45, 7) is 15.1. The topological polar surface area (TPSA) is 12.5 Å². The van der Waals surface area contributed by atoms with Crippen LogP contribution in [-0.4, -0.2) is 37.2 Å². The van der Waals surface area contributed by atoms with Gasteiger partial charge in [0.1, 0.15) is 0 Å². The molecule has 0 bridgehead atoms. The summed E-state index contributed by atoms with van der Waals surface area (Å²) in [6, 6.07) is 0. The van der Waals surface area contributed by atoms with E-state index in [9.17, 15) is 0 Å². The van der Waals surface area contributed by atoms with Gasteiger partial charge in [0.25, 0.3) is 0 Å². The lowest BCUT2D eigenvalue weighted by molar-refractivity contribution is 0.0516. The van der Waals surface area contributed by atoms with E-state index in [1.165, 1.54) is 25.9 Å². The van der Waals surface area contributed by atoms with E-state index in [0.717, 1.165) is 19.1 Å². The molecule has 0 radical (unpaired) electrons. The van der Waals surface area contributed by atoms with Gasteiger partial charge in [-0.1, -0.05) is 20.8 Å². The summed E-state index contributed by atoms with van der Waals surface area (Å²) in [5.74, 6) is 0.933. The second kappa shape index (κ2) is 9.17. The molecule has 0 saturated carbocycles. The highest BCUT2D eigenvalue weighted by Gasteiger charge is 2.14. The van der Waals surface area contributed by atoms with Crippen molar-refractivity contribution in [3.05, 3.63) is 0 Å². The minimum atomic E-state index is 0.378. The van der Waals surface area contributed by atoms with Crippen LogP contribution in [0.3, 0.4) is 0 Å². The Kier molecular flexibility index (Phi) is 9.12. The van der Waals surface area contributed by atoms with E-state index in [4.69, 9.17) is 4.74 Å². The lowest BCUT2D eigenvalue weighted by Crippen LogP contribution is -2.35. The van der Waals surface area contributed by atoms with Gasteiger partial charge in [-0.25, -0.2) is 0 Å². The van der Waals surface area contributed by atoms with Gasteiger partial charge in [0.2, 0.25) is 0 Å². The minimum absolute atomic E-state index is 0.378. The first-order valence-corrected chi connectivity index (χ1v) is 6.52. The van der Waals surface area contributed by atoms with Gasteiger partial charge in [0.15, 0.2) is 0 Å². The highest BCUT2D eigenvalue weighted by molar-refractivity contribution is 4.68. The molecule has 0 aromatic rings. The van der Waals surface area contributed by atoms with Crippen LogP contribution in [0.15, 0.2) is 0 Å². The third-order valence-corrected chi connectivity index (χ3v) is 2.73. The number of hydrogen-bond donors (Lipinski definition) is 0. The average molecular weight is 215 g/mol. The fourth-order valence-corrected chi connectivity index (χ4v) is 1.70. The Hall–Kier alpha value is -0.0800. The molecule has 0 aliphatic carbocycles. The van der Waals surface area contributed by atoms with Crippen LogP contribution in [0.25, 0.3) is 0 Å². The van der Waals surface area contributed by atoms with E-state index >= 15 is 0 Å². The van der Waals surface area contributed by atoms with E-state index in [-0.39, 0.29) is 0 Å². The zero-order chi connectivity index (χ0) is 11.7. The van der Waals surface area contributed by atoms with Crippen molar-refractivity contribution >= 4 is 0 Å². The molecule has 1 heterocycles. The number of hydrogen-bond acceptors (Lipinski definition) is 2. The molecule has 0 unspecified atom stereocenters. The van der Waals surface area contributed by atoms with E-state index in [2.05, 4.69) is 25.7 Å². The summed E-state index contributed by atoms with van der Waals surface area (Å²) in [4.78, 5) is 2.52. The summed E-state index contributed by atoms with van der Waals surface area (Å²) in [5.41, 5.74) is 0. The average Bonchev–Trinajstić information content (AvgIpc) is 2.23. The second-order valence-corrected chi connectivity index (χ2v) is 4.44. The standard InChI is InChI=1S/C11H23NO.C2H6/c1-10(2)13-9-8-12-6-4-11(3)5-7-12;1-2/h10-11H,4-9H2,1-3H3;1-2H3. The molecule has 1 rings (SSSR count). The highest BCUT2D eigenvalue weighted by atomic mass is 16.5. The van der Waals surface area contributed by atoms with Crippen LogP contribution < -0.4 is 0 Å². The molecule has 15 heavy (non-hydrogen) atoms. The van der Waals surface area contributed by atoms with Gasteiger partial charge in [-0.3, -0.25) is 0 Å². The van der Waals surface area contributed by atoms with Crippen molar-refractivity contribution in [2.75, 3.05) is 26.2 Å². The van der Waals surface area contributed by atoms with Crippen molar-refractivity contribution in [1.29, 1.82) is 0 Å². The van der Waals surface area contributed by atoms with Crippen LogP contribution in [0, 0.1) is 5.92 Å². The number of nitrogens with zero attached hydrogens (tertiary/aromatic N) is 1. The van der Waals surface area contributed by atoms with Crippen molar-refractivity contribution in [1.82, 2.24) is 4.90 Å². The zero-order valence-corrected chi connectivity index (χ0v) is 11.3. The molecule has 0 amide bonds. The highest BCUT2D eigenvalue weighted by Crippen LogP contribution is 2.15. The molecule has 1 aliphatic heterocycles. The van der Waals surface area contributed by atoms with Crippen molar-refractivity contribution in [3.63, 3.8) is 0 Å². The number of rotatable bonds is 4. The van der Waals surface area contributed by atoms with E-state index < -0.39 is 0 Å². The fraction of sp³-hybridized carbons (Fsp3) is 1.00. The Bertz CT molecular complexity index is 128. The third-order valence-electron chi connectivity index (χ3n) is 2.73. The molecule has 0 spiro atoms. The Labute approximate surface area is 96.0 Å². The van der Waals surface area contributed by atoms with Gasteiger partial charge < -0.3 is 9.64 Å². The predicted octanol–water partition coefficient (Wildman–Crippen LogP) is 3.17. The molecule has 1 aliphatic rings. The summed E-state index contributed by atoms with van der Waals surface area (Å²) in [5, 5.41) is 0. The van der Waals surface area contributed by atoms with Gasteiger partial charge in [0, 0.05) is 6.54 Å². The van der Waals surface area contributed by atoms with Crippen LogP contribution in [0.4, 0.5) is 0 Å². The van der Waals surface area contributed by atoms with Crippen LogP contribution in [0.2, 0.25) is 0 Å². The normalized spacial score (nSPS) is 18.8. The molecule has 2 heteroatoms. The molecule has 0 atom stereocenters. The largest absolute Gasteiger partial charge is 0.377 e. The molecule has 0 aromatic carbocycles. The van der Waals surface area contributed by atoms with Gasteiger partial charge in [-0.15, -0.1) is 0 Å². The first kappa shape index (κ1) is 14.9. The van der Waals surface area contributed by atoms with Crippen LogP contribution in [0.1, 0.15) is 47.5 Å². The summed E-state index contributed by atoms with van der Waals surface area (Å²) >= 11 is 0. The van der Waals surface area contributed by atoms with Crippen molar-refractivity contribution in [3.8, 4) is 0 Å². The molecule has 92 valence electrons. The lowest BCUT2D eigenvalue weighted by Gasteiger charge is -2.30. The molecular weight excluding hydrogens is 186 g/mol. The molecule has 1 fully saturated rings. The zero-order valence-electron chi connectivity index (χ0n) is 11.3. The first-order valence-electron chi connectivity index (χ1n) is 6.52. The SMILES string of the molecule is CC.CC1CCN(CCOC(C)C)CC1. The maximum Gasteiger partial charge on any atom is 0.0596 e. The maximum absolute atomic E-state index is 5.53. The van der Waals surface area contributed by atoms with E-state index in [1.807, 2.05) is 13.8 Å². The maximum atomic E-state index is 5.53. The van der Waals surface area contributed by atoms with Crippen molar-refractivity contribution < 1.29 is 4.74 Å². The number of likely N-dealkylation sites (tertiary alicyclic amines) is 1. The van der Waals surface area contributed by atoms with Crippen LogP contribution >= 0.6 is 0 Å². The second-order valence-electron chi connectivity index (χ2n) is 4.44. The molecule has 2 nitrogen and oxygen atoms in total. The van der Waals surface area contributed by atoms with Gasteiger partial charge in [-0.05, 0) is 45.7 Å². The first-order chi connectivity index (χ1) is 7.18. The van der Waals surface area contributed by atoms with Gasteiger partial charge in [-0.2, -0.15) is 0 Å². The third kappa shape index (κ3) is 7.80. The summed E-state index contributed by atoms with van der Waals surface area (Å²) in [7, 11) is 0. The Morgan fingerprint density at radius 2 is 1.73 bits per heavy atom. The predicted molar refractivity (Wildman–Crippen MR) is 67.3 cm³/mol.